The second-order valence-electron chi connectivity index (χ2n) is 6.85. The minimum atomic E-state index is -0.410. The first-order valence-corrected chi connectivity index (χ1v) is 7.64. The maximum Gasteiger partial charge on any atom is 0.410 e. The summed E-state index contributed by atoms with van der Waals surface area (Å²) in [5.41, 5.74) is -0.410. The molecule has 1 unspecified atom stereocenters. The van der Waals surface area contributed by atoms with Gasteiger partial charge in [-0.15, -0.1) is 0 Å². The second-order valence-corrected chi connectivity index (χ2v) is 6.85. The molecule has 1 heterocycles. The molecule has 1 aliphatic heterocycles. The van der Waals surface area contributed by atoms with E-state index in [1.165, 1.54) is 0 Å². The van der Waals surface area contributed by atoms with Crippen molar-refractivity contribution >= 4 is 6.09 Å². The lowest BCUT2D eigenvalue weighted by Crippen LogP contribution is -2.38. The Balaban J connectivity index is 2.33. The summed E-state index contributed by atoms with van der Waals surface area (Å²) >= 11 is 0. The molecule has 1 amide bonds. The molecule has 1 N–H and O–H groups in total. The van der Waals surface area contributed by atoms with Gasteiger partial charge in [-0.3, -0.25) is 0 Å². The number of carbonyl (C=O) groups is 1. The van der Waals surface area contributed by atoms with E-state index in [0.29, 0.717) is 6.04 Å². The van der Waals surface area contributed by atoms with Gasteiger partial charge >= 0.3 is 6.09 Å². The van der Waals surface area contributed by atoms with E-state index in [9.17, 15) is 4.79 Å². The van der Waals surface area contributed by atoms with Crippen molar-refractivity contribution in [3.8, 4) is 0 Å². The Morgan fingerprint density at radius 2 is 2.00 bits per heavy atom. The smallest absolute Gasteiger partial charge is 0.410 e. The number of likely N-dealkylation sites (N-methyl/N-ethyl adjacent to an activating group) is 1. The first kappa shape index (κ1) is 17.2. The summed E-state index contributed by atoms with van der Waals surface area (Å²) in [6, 6.07) is 0.516. The van der Waals surface area contributed by atoms with Gasteiger partial charge in [0.2, 0.25) is 0 Å². The largest absolute Gasteiger partial charge is 0.444 e. The fourth-order valence-electron chi connectivity index (χ4n) is 2.30. The molecule has 0 aromatic rings. The van der Waals surface area contributed by atoms with Gasteiger partial charge in [-0.25, -0.2) is 4.79 Å². The molecule has 20 heavy (non-hydrogen) atoms. The molecular weight excluding hydrogens is 254 g/mol. The molecule has 0 spiro atoms. The fraction of sp³-hybridized carbons (Fsp3) is 0.933. The Bertz CT molecular complexity index is 300. The van der Waals surface area contributed by atoms with Crippen molar-refractivity contribution in [2.24, 2.45) is 0 Å². The highest BCUT2D eigenvalue weighted by Gasteiger charge is 2.24. The van der Waals surface area contributed by atoms with E-state index in [0.717, 1.165) is 45.4 Å². The Labute approximate surface area is 123 Å². The van der Waals surface area contributed by atoms with Crippen LogP contribution in [0.5, 0.6) is 0 Å². The van der Waals surface area contributed by atoms with Crippen LogP contribution in [0, 0.1) is 0 Å². The van der Waals surface area contributed by atoms with Gasteiger partial charge in [0.1, 0.15) is 5.60 Å². The zero-order valence-electron chi connectivity index (χ0n) is 13.7. The zero-order chi connectivity index (χ0) is 15.2. The molecule has 0 aromatic heterocycles. The summed E-state index contributed by atoms with van der Waals surface area (Å²) < 4.78 is 5.44. The van der Waals surface area contributed by atoms with Crippen LogP contribution < -0.4 is 5.32 Å². The predicted octanol–water partition coefficient (Wildman–Crippen LogP) is 1.93. The predicted molar refractivity (Wildman–Crippen MR) is 82.0 cm³/mol. The lowest BCUT2D eigenvalue weighted by atomic mass is 10.1. The van der Waals surface area contributed by atoms with Crippen molar-refractivity contribution in [1.82, 2.24) is 15.1 Å². The van der Waals surface area contributed by atoms with Gasteiger partial charge in [-0.05, 0) is 54.1 Å². The number of carbonyl (C=O) groups excluding carboxylic acids is 1. The monoisotopic (exact) mass is 285 g/mol. The molecule has 0 bridgehead atoms. The van der Waals surface area contributed by atoms with Gasteiger partial charge in [0.05, 0.1) is 0 Å². The van der Waals surface area contributed by atoms with E-state index >= 15 is 0 Å². The summed E-state index contributed by atoms with van der Waals surface area (Å²) in [7, 11) is 4.16. The van der Waals surface area contributed by atoms with E-state index in [-0.39, 0.29) is 6.09 Å². The van der Waals surface area contributed by atoms with Crippen molar-refractivity contribution in [3.63, 3.8) is 0 Å². The number of ether oxygens (including phenoxy) is 1. The average Bonchev–Trinajstić information content (AvgIpc) is 2.52. The van der Waals surface area contributed by atoms with Crippen molar-refractivity contribution in [1.29, 1.82) is 0 Å². The molecule has 1 aliphatic rings. The van der Waals surface area contributed by atoms with Gasteiger partial charge in [-0.2, -0.15) is 0 Å². The van der Waals surface area contributed by atoms with Crippen molar-refractivity contribution in [2.45, 2.75) is 51.7 Å². The molecular formula is C15H31N3O2. The highest BCUT2D eigenvalue weighted by atomic mass is 16.6. The molecule has 1 rings (SSSR count). The standard InChI is InChI=1S/C15H31N3O2/c1-15(2,3)20-14(19)18-10-6-7-13(8-11-18)16-9-12-17(4)5/h13,16H,6-12H2,1-5H3. The van der Waals surface area contributed by atoms with E-state index in [1.807, 2.05) is 25.7 Å². The van der Waals surface area contributed by atoms with Gasteiger partial charge < -0.3 is 19.9 Å². The number of amides is 1. The molecule has 118 valence electrons. The molecule has 1 saturated heterocycles. The lowest BCUT2D eigenvalue weighted by Gasteiger charge is -2.26. The summed E-state index contributed by atoms with van der Waals surface area (Å²) in [5.74, 6) is 0. The normalized spacial score (nSPS) is 20.9. The number of hydrogen-bond donors (Lipinski definition) is 1. The van der Waals surface area contributed by atoms with Crippen molar-refractivity contribution < 1.29 is 9.53 Å². The number of nitrogens with one attached hydrogen (secondary N) is 1. The van der Waals surface area contributed by atoms with Crippen LogP contribution in [0.1, 0.15) is 40.0 Å². The molecule has 0 aliphatic carbocycles. The van der Waals surface area contributed by atoms with E-state index < -0.39 is 5.60 Å². The third-order valence-corrected chi connectivity index (χ3v) is 3.37. The number of rotatable bonds is 4. The molecule has 1 atom stereocenters. The van der Waals surface area contributed by atoms with Crippen LogP contribution in [-0.2, 0) is 4.74 Å². The van der Waals surface area contributed by atoms with Crippen molar-refractivity contribution in [3.05, 3.63) is 0 Å². The van der Waals surface area contributed by atoms with Gasteiger partial charge in [0.15, 0.2) is 0 Å². The van der Waals surface area contributed by atoms with Crippen LogP contribution >= 0.6 is 0 Å². The summed E-state index contributed by atoms with van der Waals surface area (Å²) in [6.07, 6.45) is 3.00. The van der Waals surface area contributed by atoms with E-state index in [4.69, 9.17) is 4.74 Å². The Hall–Kier alpha value is -0.810. The first-order chi connectivity index (χ1) is 9.28. The van der Waals surface area contributed by atoms with Crippen LogP contribution in [0.15, 0.2) is 0 Å². The van der Waals surface area contributed by atoms with Crippen LogP contribution in [0.3, 0.4) is 0 Å². The molecule has 0 saturated carbocycles. The number of hydrogen-bond acceptors (Lipinski definition) is 4. The van der Waals surface area contributed by atoms with Crippen LogP contribution in [0.25, 0.3) is 0 Å². The van der Waals surface area contributed by atoms with Gasteiger partial charge in [0.25, 0.3) is 0 Å². The van der Waals surface area contributed by atoms with Gasteiger partial charge in [-0.1, -0.05) is 0 Å². The van der Waals surface area contributed by atoms with Crippen molar-refractivity contribution in [2.75, 3.05) is 40.3 Å². The summed E-state index contributed by atoms with van der Waals surface area (Å²) in [6.45, 7) is 9.38. The highest BCUT2D eigenvalue weighted by molar-refractivity contribution is 5.68. The molecule has 5 nitrogen and oxygen atoms in total. The van der Waals surface area contributed by atoms with Gasteiger partial charge in [0, 0.05) is 32.2 Å². The number of likely N-dealkylation sites (tertiary alicyclic amines) is 1. The maximum absolute atomic E-state index is 12.1. The van der Waals surface area contributed by atoms with Crippen LogP contribution in [0.2, 0.25) is 0 Å². The Morgan fingerprint density at radius 1 is 1.30 bits per heavy atom. The van der Waals surface area contributed by atoms with E-state index in [1.54, 1.807) is 0 Å². The highest BCUT2D eigenvalue weighted by Crippen LogP contribution is 2.15. The molecule has 1 fully saturated rings. The second kappa shape index (κ2) is 7.84. The molecule has 0 aromatic carbocycles. The third kappa shape index (κ3) is 7.10. The lowest BCUT2D eigenvalue weighted by molar-refractivity contribution is 0.0256. The number of nitrogens with zero attached hydrogens (tertiary/aromatic N) is 2. The zero-order valence-corrected chi connectivity index (χ0v) is 13.7. The quantitative estimate of drug-likeness (QED) is 0.857. The maximum atomic E-state index is 12.1. The van der Waals surface area contributed by atoms with Crippen LogP contribution in [0.4, 0.5) is 4.79 Å². The third-order valence-electron chi connectivity index (χ3n) is 3.37. The summed E-state index contributed by atoms with van der Waals surface area (Å²) in [4.78, 5) is 16.1. The topological polar surface area (TPSA) is 44.8 Å². The minimum Gasteiger partial charge on any atom is -0.444 e. The Kier molecular flexibility index (Phi) is 6.76. The van der Waals surface area contributed by atoms with E-state index in [2.05, 4.69) is 24.3 Å². The Morgan fingerprint density at radius 3 is 2.60 bits per heavy atom. The van der Waals surface area contributed by atoms with Crippen LogP contribution in [-0.4, -0.2) is 67.8 Å². The average molecular weight is 285 g/mol. The summed E-state index contributed by atoms with van der Waals surface area (Å²) in [5, 5.41) is 3.58. The first-order valence-electron chi connectivity index (χ1n) is 7.64. The SMILES string of the molecule is CN(C)CCNC1CCCN(C(=O)OC(C)(C)C)CC1. The molecule has 5 heteroatoms. The fourth-order valence-corrected chi connectivity index (χ4v) is 2.30. The molecule has 0 radical (unpaired) electrons. The minimum absolute atomic E-state index is 0.175.